The highest BCUT2D eigenvalue weighted by Crippen LogP contribution is 2.51. The minimum Gasteiger partial charge on any atom is -0.310 e. The predicted octanol–water partition coefficient (Wildman–Crippen LogP) is 15.7. The zero-order chi connectivity index (χ0) is 38.5. The van der Waals surface area contributed by atoms with Crippen molar-refractivity contribution in [3.63, 3.8) is 0 Å². The van der Waals surface area contributed by atoms with Gasteiger partial charge in [-0.1, -0.05) is 135 Å². The lowest BCUT2D eigenvalue weighted by atomic mass is 9.82. The molecule has 3 heteroatoms. The SMILES string of the molecule is CC1(C)c2ccccc2-c2ccc(N(c3ccc(-c4ccc5c(c4)c4c6sc7ccccc7c6ccc4n5-c4ccccc4)cc3)c3ccc4ccccc4c3)cc21. The predicted molar refractivity (Wildman–Crippen MR) is 249 cm³/mol. The standard InChI is InChI=1S/C55H38N2S/c1-55(2)48-18-10-8-16-43(48)44-28-27-42(34-49(44)55)56(41-26-22-35-12-6-7-13-37(35)32-41)40-24-20-36(21-25-40)38-23-30-50-47(33-38)53-51(57(50)39-14-4-3-5-15-39)31-29-46-45-17-9-11-19-52(45)58-54(46)53/h3-34H,1-2H3. The molecule has 0 fully saturated rings. The molecule has 1 aliphatic carbocycles. The third-order valence-corrected chi connectivity index (χ3v) is 13.8. The van der Waals surface area contributed by atoms with Gasteiger partial charge in [-0.05, 0) is 117 Å². The second kappa shape index (κ2) is 12.5. The van der Waals surface area contributed by atoms with Crippen molar-refractivity contribution in [3.05, 3.63) is 205 Å². The Hall–Kier alpha value is -6.94. The van der Waals surface area contributed by atoms with Gasteiger partial charge in [0, 0.05) is 59.1 Å². The Balaban J connectivity index is 1.01. The molecule has 2 nitrogen and oxygen atoms in total. The van der Waals surface area contributed by atoms with E-state index in [2.05, 4.69) is 217 Å². The molecule has 0 saturated heterocycles. The van der Waals surface area contributed by atoms with E-state index in [1.165, 1.54) is 91.8 Å². The van der Waals surface area contributed by atoms with Crippen LogP contribution in [0.5, 0.6) is 0 Å². The molecular weight excluding hydrogens is 721 g/mol. The first-order valence-corrected chi connectivity index (χ1v) is 20.9. The Morgan fingerprint density at radius 3 is 2.00 bits per heavy atom. The fourth-order valence-corrected chi connectivity index (χ4v) is 11.0. The zero-order valence-corrected chi connectivity index (χ0v) is 33.1. The van der Waals surface area contributed by atoms with E-state index in [1.807, 2.05) is 11.3 Å². The van der Waals surface area contributed by atoms with Crippen LogP contribution >= 0.6 is 11.3 Å². The van der Waals surface area contributed by atoms with Crippen LogP contribution in [0.15, 0.2) is 194 Å². The number of para-hydroxylation sites is 1. The molecule has 0 amide bonds. The van der Waals surface area contributed by atoms with Gasteiger partial charge in [0.25, 0.3) is 0 Å². The molecule has 9 aromatic carbocycles. The topological polar surface area (TPSA) is 8.17 Å². The fraction of sp³-hybridized carbons (Fsp3) is 0.0545. The summed E-state index contributed by atoms with van der Waals surface area (Å²) >= 11 is 1.90. The monoisotopic (exact) mass is 758 g/mol. The van der Waals surface area contributed by atoms with Gasteiger partial charge in [0.2, 0.25) is 0 Å². The molecule has 0 spiro atoms. The Kier molecular flexibility index (Phi) is 7.18. The van der Waals surface area contributed by atoms with Crippen LogP contribution in [0.1, 0.15) is 25.0 Å². The lowest BCUT2D eigenvalue weighted by molar-refractivity contribution is 0.660. The van der Waals surface area contributed by atoms with Crippen LogP contribution in [-0.4, -0.2) is 4.57 Å². The van der Waals surface area contributed by atoms with Gasteiger partial charge in [-0.25, -0.2) is 0 Å². The molecule has 274 valence electrons. The van der Waals surface area contributed by atoms with Crippen LogP contribution in [0.2, 0.25) is 0 Å². The Labute approximate surface area is 341 Å². The van der Waals surface area contributed by atoms with Crippen molar-refractivity contribution >= 4 is 81.1 Å². The number of thiophene rings is 1. The van der Waals surface area contributed by atoms with Gasteiger partial charge in [0.05, 0.1) is 11.0 Å². The highest BCUT2D eigenvalue weighted by atomic mass is 32.1. The average molecular weight is 759 g/mol. The van der Waals surface area contributed by atoms with Gasteiger partial charge in [0.15, 0.2) is 0 Å². The van der Waals surface area contributed by atoms with Crippen molar-refractivity contribution in [1.29, 1.82) is 0 Å². The summed E-state index contributed by atoms with van der Waals surface area (Å²) in [5, 5.41) is 7.71. The molecule has 0 N–H and O–H groups in total. The third-order valence-electron chi connectivity index (χ3n) is 12.6. The van der Waals surface area contributed by atoms with Gasteiger partial charge in [-0.15, -0.1) is 11.3 Å². The summed E-state index contributed by atoms with van der Waals surface area (Å²) in [6.45, 7) is 4.72. The van der Waals surface area contributed by atoms with Gasteiger partial charge in [-0.2, -0.15) is 0 Å². The number of aromatic nitrogens is 1. The van der Waals surface area contributed by atoms with E-state index >= 15 is 0 Å². The minimum atomic E-state index is -0.0927. The van der Waals surface area contributed by atoms with Crippen LogP contribution in [0, 0.1) is 0 Å². The first-order chi connectivity index (χ1) is 28.5. The highest BCUT2D eigenvalue weighted by molar-refractivity contribution is 7.26. The molecule has 2 heterocycles. The molecule has 11 aromatic rings. The number of hydrogen-bond donors (Lipinski definition) is 0. The van der Waals surface area contributed by atoms with Crippen LogP contribution in [0.3, 0.4) is 0 Å². The number of hydrogen-bond acceptors (Lipinski definition) is 2. The van der Waals surface area contributed by atoms with E-state index in [0.717, 1.165) is 17.1 Å². The largest absolute Gasteiger partial charge is 0.310 e. The molecule has 0 atom stereocenters. The van der Waals surface area contributed by atoms with Crippen LogP contribution in [0.4, 0.5) is 17.1 Å². The maximum atomic E-state index is 2.43. The molecule has 2 aromatic heterocycles. The van der Waals surface area contributed by atoms with Crippen molar-refractivity contribution in [2.45, 2.75) is 19.3 Å². The summed E-state index contributed by atoms with van der Waals surface area (Å²) < 4.78 is 5.10. The summed E-state index contributed by atoms with van der Waals surface area (Å²) in [6, 6.07) is 71.8. The molecule has 0 unspecified atom stereocenters. The van der Waals surface area contributed by atoms with Gasteiger partial charge < -0.3 is 9.47 Å². The average Bonchev–Trinajstić information content (AvgIpc) is 3.89. The zero-order valence-electron chi connectivity index (χ0n) is 32.3. The maximum absolute atomic E-state index is 2.43. The number of benzene rings is 9. The summed E-state index contributed by atoms with van der Waals surface area (Å²) in [7, 11) is 0. The van der Waals surface area contributed by atoms with Crippen LogP contribution in [0.25, 0.3) is 80.7 Å². The van der Waals surface area contributed by atoms with Gasteiger partial charge in [0.1, 0.15) is 0 Å². The van der Waals surface area contributed by atoms with Gasteiger partial charge >= 0.3 is 0 Å². The molecule has 0 radical (unpaired) electrons. The van der Waals surface area contributed by atoms with E-state index in [-0.39, 0.29) is 5.41 Å². The summed E-state index contributed by atoms with van der Waals surface area (Å²) in [5.74, 6) is 0. The second-order valence-corrected chi connectivity index (χ2v) is 17.2. The first kappa shape index (κ1) is 33.2. The molecule has 1 aliphatic rings. The van der Waals surface area contributed by atoms with E-state index in [0.29, 0.717) is 0 Å². The van der Waals surface area contributed by atoms with Crippen molar-refractivity contribution in [3.8, 4) is 27.9 Å². The van der Waals surface area contributed by atoms with E-state index in [1.54, 1.807) is 0 Å². The fourth-order valence-electron chi connectivity index (χ4n) is 9.72. The minimum absolute atomic E-state index is 0.0927. The Bertz CT molecular complexity index is 3420. The molecule has 0 aliphatic heterocycles. The summed E-state index contributed by atoms with van der Waals surface area (Å²) in [5.41, 5.74) is 14.8. The number of fused-ring (bicyclic) bond motifs is 11. The lowest BCUT2D eigenvalue weighted by Gasteiger charge is -2.28. The smallest absolute Gasteiger partial charge is 0.0555 e. The molecule has 0 bridgehead atoms. The highest BCUT2D eigenvalue weighted by Gasteiger charge is 2.35. The van der Waals surface area contributed by atoms with E-state index in [9.17, 15) is 0 Å². The molecule has 0 saturated carbocycles. The van der Waals surface area contributed by atoms with Crippen molar-refractivity contribution in [2.24, 2.45) is 0 Å². The number of anilines is 3. The Morgan fingerprint density at radius 1 is 0.448 bits per heavy atom. The first-order valence-electron chi connectivity index (χ1n) is 20.1. The number of nitrogens with zero attached hydrogens (tertiary/aromatic N) is 2. The lowest BCUT2D eigenvalue weighted by Crippen LogP contribution is -2.16. The summed E-state index contributed by atoms with van der Waals surface area (Å²) in [4.78, 5) is 2.42. The molecule has 58 heavy (non-hydrogen) atoms. The Morgan fingerprint density at radius 2 is 1.12 bits per heavy atom. The van der Waals surface area contributed by atoms with Crippen molar-refractivity contribution < 1.29 is 0 Å². The van der Waals surface area contributed by atoms with Crippen molar-refractivity contribution in [2.75, 3.05) is 4.90 Å². The molecule has 12 rings (SSSR count). The quantitative estimate of drug-likeness (QED) is 0.170. The summed E-state index contributed by atoms with van der Waals surface area (Å²) in [6.07, 6.45) is 0. The van der Waals surface area contributed by atoms with Crippen LogP contribution < -0.4 is 4.90 Å². The number of rotatable bonds is 5. The third kappa shape index (κ3) is 4.90. The van der Waals surface area contributed by atoms with Crippen molar-refractivity contribution in [1.82, 2.24) is 4.57 Å². The van der Waals surface area contributed by atoms with Gasteiger partial charge in [-0.3, -0.25) is 0 Å². The van der Waals surface area contributed by atoms with Crippen LogP contribution in [-0.2, 0) is 5.41 Å². The second-order valence-electron chi connectivity index (χ2n) is 16.2. The molecular formula is C55H38N2S. The maximum Gasteiger partial charge on any atom is 0.0555 e. The normalized spacial score (nSPS) is 13.1. The van der Waals surface area contributed by atoms with E-state index in [4.69, 9.17) is 0 Å². The van der Waals surface area contributed by atoms with E-state index < -0.39 is 0 Å².